The summed E-state index contributed by atoms with van der Waals surface area (Å²) in [5.74, 6) is 0.852. The van der Waals surface area contributed by atoms with Gasteiger partial charge in [-0.15, -0.1) is 11.3 Å². The Morgan fingerprint density at radius 2 is 1.88 bits per heavy atom. The number of thioether (sulfide) groups is 1. The Morgan fingerprint density at radius 1 is 1.14 bits per heavy atom. The number of hydrogen-bond donors (Lipinski definition) is 3. The number of amides is 4. The number of hydrogen-bond acceptors (Lipinski definition) is 8. The summed E-state index contributed by atoms with van der Waals surface area (Å²) < 4.78 is 5.54. The van der Waals surface area contributed by atoms with E-state index in [0.29, 0.717) is 32.7 Å². The minimum absolute atomic E-state index is 0.0363. The van der Waals surface area contributed by atoms with Gasteiger partial charge in [-0.2, -0.15) is 11.8 Å². The lowest BCUT2D eigenvalue weighted by Gasteiger charge is -2.35. The number of nitrogens with zero attached hydrogens (tertiary/aromatic N) is 2. The van der Waals surface area contributed by atoms with Crippen molar-refractivity contribution >= 4 is 46.7 Å². The maximum absolute atomic E-state index is 13.7. The van der Waals surface area contributed by atoms with Crippen molar-refractivity contribution in [2.45, 2.75) is 72.5 Å². The third kappa shape index (κ3) is 10.9. The van der Waals surface area contributed by atoms with E-state index in [0.717, 1.165) is 46.0 Å². The minimum Gasteiger partial charge on any atom is -0.372 e. The molecule has 10 nitrogen and oxygen atoms in total. The van der Waals surface area contributed by atoms with Crippen LogP contribution in [0.2, 0.25) is 0 Å². The molecule has 1 aromatic heterocycles. The summed E-state index contributed by atoms with van der Waals surface area (Å²) in [4.78, 5) is 57.5. The number of thiazole rings is 1. The molecule has 1 saturated heterocycles. The van der Waals surface area contributed by atoms with Crippen molar-refractivity contribution in [2.24, 2.45) is 5.41 Å². The van der Waals surface area contributed by atoms with Gasteiger partial charge in [-0.25, -0.2) is 4.98 Å². The van der Waals surface area contributed by atoms with Crippen LogP contribution in [0.1, 0.15) is 58.2 Å². The van der Waals surface area contributed by atoms with Gasteiger partial charge in [0.25, 0.3) is 0 Å². The minimum atomic E-state index is -0.788. The molecular weight excluding hydrogens is 587 g/mol. The van der Waals surface area contributed by atoms with Gasteiger partial charge in [0, 0.05) is 38.9 Å². The summed E-state index contributed by atoms with van der Waals surface area (Å²) in [6.07, 6.45) is 2.08. The van der Waals surface area contributed by atoms with E-state index in [1.807, 2.05) is 57.5 Å². The van der Waals surface area contributed by atoms with Crippen molar-refractivity contribution < 1.29 is 23.9 Å². The Morgan fingerprint density at radius 3 is 2.53 bits per heavy atom. The molecular formula is C31H45N5O5S2. The van der Waals surface area contributed by atoms with Crippen LogP contribution in [0.4, 0.5) is 0 Å². The second kappa shape index (κ2) is 16.8. The molecule has 3 N–H and O–H groups in total. The molecule has 1 unspecified atom stereocenters. The quantitative estimate of drug-likeness (QED) is 0.257. The molecule has 0 aliphatic carbocycles. The molecule has 236 valence electrons. The normalized spacial score (nSPS) is 15.7. The van der Waals surface area contributed by atoms with Gasteiger partial charge in [-0.05, 0) is 48.5 Å². The fourth-order valence-corrected chi connectivity index (χ4v) is 6.39. The predicted octanol–water partition coefficient (Wildman–Crippen LogP) is 3.53. The first kappa shape index (κ1) is 34.5. The summed E-state index contributed by atoms with van der Waals surface area (Å²) in [7, 11) is 0. The highest BCUT2D eigenvalue weighted by Crippen LogP contribution is 2.28. The fourth-order valence-electron chi connectivity index (χ4n) is 4.81. The van der Waals surface area contributed by atoms with Crippen molar-refractivity contribution in [1.82, 2.24) is 25.8 Å². The van der Waals surface area contributed by atoms with Crippen LogP contribution in [0.5, 0.6) is 0 Å². The second-order valence-electron chi connectivity index (χ2n) is 11.7. The molecule has 3 rings (SSSR count). The van der Waals surface area contributed by atoms with E-state index >= 15 is 0 Å². The molecule has 2 atom stereocenters. The first-order valence-corrected chi connectivity index (χ1v) is 16.8. The van der Waals surface area contributed by atoms with Crippen molar-refractivity contribution in [3.8, 4) is 10.4 Å². The largest absolute Gasteiger partial charge is 0.372 e. The number of ether oxygens (including phenoxy) is 1. The predicted molar refractivity (Wildman–Crippen MR) is 172 cm³/mol. The zero-order valence-corrected chi connectivity index (χ0v) is 27.5. The highest BCUT2D eigenvalue weighted by atomic mass is 32.2. The van der Waals surface area contributed by atoms with Crippen LogP contribution in [0.15, 0.2) is 29.8 Å². The standard InChI is InChI=1S/C31H45N5O5S2/c1-21-27(43-20-34-21)24-11-9-23(10-12-24)18-33-29(39)25-8-6-14-36(25)30(40)28(31(3,4)5)35-26(38)19-41-15-7-16-42-17-13-32-22(2)37/h9-12,20,25,28H,6-8,13-19H2,1-5H3,(H,32,37)(H,33,39)(H,35,38)/t25-,28?/m0/s1. The number of likely N-dealkylation sites (tertiary alicyclic amines) is 1. The summed E-state index contributed by atoms with van der Waals surface area (Å²) in [5, 5.41) is 8.62. The maximum Gasteiger partial charge on any atom is 0.246 e. The third-order valence-electron chi connectivity index (χ3n) is 7.12. The summed E-state index contributed by atoms with van der Waals surface area (Å²) in [5.41, 5.74) is 4.34. The number of carbonyl (C=O) groups excluding carboxylic acids is 4. The van der Waals surface area contributed by atoms with Crippen LogP contribution in [0.3, 0.4) is 0 Å². The lowest BCUT2D eigenvalue weighted by atomic mass is 9.85. The number of aryl methyl sites for hydroxylation is 1. The van der Waals surface area contributed by atoms with E-state index in [1.165, 1.54) is 6.92 Å². The first-order chi connectivity index (χ1) is 20.5. The first-order valence-electron chi connectivity index (χ1n) is 14.7. The van der Waals surface area contributed by atoms with Gasteiger partial charge in [0.1, 0.15) is 18.7 Å². The van der Waals surface area contributed by atoms with Crippen LogP contribution in [-0.4, -0.2) is 83.4 Å². The number of benzene rings is 1. The van der Waals surface area contributed by atoms with Crippen LogP contribution in [0, 0.1) is 12.3 Å². The van der Waals surface area contributed by atoms with E-state index in [-0.39, 0.29) is 30.2 Å². The van der Waals surface area contributed by atoms with Gasteiger partial charge >= 0.3 is 0 Å². The van der Waals surface area contributed by atoms with Gasteiger partial charge < -0.3 is 25.6 Å². The zero-order chi connectivity index (χ0) is 31.4. The molecule has 1 aliphatic heterocycles. The van der Waals surface area contributed by atoms with Crippen LogP contribution in [-0.2, 0) is 30.5 Å². The monoisotopic (exact) mass is 631 g/mol. The van der Waals surface area contributed by atoms with Crippen molar-refractivity contribution in [2.75, 3.05) is 37.8 Å². The molecule has 2 aromatic rings. The molecule has 1 aromatic carbocycles. The van der Waals surface area contributed by atoms with Gasteiger partial charge in [0.15, 0.2) is 0 Å². The highest BCUT2D eigenvalue weighted by Gasteiger charge is 2.41. The molecule has 0 saturated carbocycles. The highest BCUT2D eigenvalue weighted by molar-refractivity contribution is 7.99. The molecule has 0 spiro atoms. The van der Waals surface area contributed by atoms with Crippen molar-refractivity contribution in [1.29, 1.82) is 0 Å². The number of nitrogens with one attached hydrogen (secondary N) is 3. The van der Waals surface area contributed by atoms with E-state index in [4.69, 9.17) is 4.74 Å². The molecule has 43 heavy (non-hydrogen) atoms. The number of carbonyl (C=O) groups is 4. The summed E-state index contributed by atoms with van der Waals surface area (Å²) >= 11 is 3.31. The Labute approximate surface area is 263 Å². The second-order valence-corrected chi connectivity index (χ2v) is 13.8. The molecule has 1 aliphatic rings. The van der Waals surface area contributed by atoms with Crippen LogP contribution < -0.4 is 16.0 Å². The lowest BCUT2D eigenvalue weighted by Crippen LogP contribution is -2.58. The average Bonchev–Trinajstić information content (AvgIpc) is 3.62. The number of aromatic nitrogens is 1. The van der Waals surface area contributed by atoms with Crippen LogP contribution >= 0.6 is 23.1 Å². The molecule has 12 heteroatoms. The maximum atomic E-state index is 13.7. The zero-order valence-electron chi connectivity index (χ0n) is 25.9. The summed E-state index contributed by atoms with van der Waals surface area (Å²) in [6, 6.07) is 6.68. The van der Waals surface area contributed by atoms with Gasteiger partial charge in [0.05, 0.1) is 16.1 Å². The smallest absolute Gasteiger partial charge is 0.246 e. The van der Waals surface area contributed by atoms with E-state index < -0.39 is 17.5 Å². The Hall–Kier alpha value is -2.96. The molecule has 0 radical (unpaired) electrons. The molecule has 4 amide bonds. The van der Waals surface area contributed by atoms with Gasteiger partial charge in [-0.3, -0.25) is 19.2 Å². The lowest BCUT2D eigenvalue weighted by molar-refractivity contribution is -0.144. The Bertz CT molecular complexity index is 1230. The molecule has 2 heterocycles. The average molecular weight is 632 g/mol. The van der Waals surface area contributed by atoms with Gasteiger partial charge in [0.2, 0.25) is 23.6 Å². The van der Waals surface area contributed by atoms with Gasteiger partial charge in [-0.1, -0.05) is 45.0 Å². The molecule has 0 bridgehead atoms. The molecule has 1 fully saturated rings. The summed E-state index contributed by atoms with van der Waals surface area (Å²) in [6.45, 7) is 10.9. The fraction of sp³-hybridized carbons (Fsp3) is 0.581. The van der Waals surface area contributed by atoms with Crippen molar-refractivity contribution in [3.63, 3.8) is 0 Å². The number of rotatable bonds is 15. The third-order valence-corrected chi connectivity index (χ3v) is 9.16. The van der Waals surface area contributed by atoms with E-state index in [9.17, 15) is 19.2 Å². The van der Waals surface area contributed by atoms with Crippen molar-refractivity contribution in [3.05, 3.63) is 41.0 Å². The Balaban J connectivity index is 1.47. The van der Waals surface area contributed by atoms with E-state index in [1.54, 1.807) is 28.0 Å². The topological polar surface area (TPSA) is 130 Å². The van der Waals surface area contributed by atoms with Crippen LogP contribution in [0.25, 0.3) is 10.4 Å². The SMILES string of the molecule is CC(=O)NCCSCCCOCC(=O)NC(C(=O)N1CCC[C@H]1C(=O)NCc1ccc(-c2scnc2C)cc1)C(C)(C)C. The Kier molecular flexibility index (Phi) is 13.5. The van der Waals surface area contributed by atoms with E-state index in [2.05, 4.69) is 20.9 Å².